The standard InChI is InChI=1S/C10H10O2.2C2H6/c1-7(11)9-4-2-3-8-5-6-12-10(8)9;2*1-2/h2-4H,5-6H2,1H3;2*1-2H3. The van der Waals surface area contributed by atoms with Gasteiger partial charge in [-0.2, -0.15) is 0 Å². The van der Waals surface area contributed by atoms with E-state index in [0.29, 0.717) is 12.2 Å². The lowest BCUT2D eigenvalue weighted by Crippen LogP contribution is -1.96. The van der Waals surface area contributed by atoms with E-state index in [2.05, 4.69) is 0 Å². The van der Waals surface area contributed by atoms with Crippen LogP contribution in [0.4, 0.5) is 0 Å². The van der Waals surface area contributed by atoms with Gasteiger partial charge >= 0.3 is 0 Å². The number of benzene rings is 1. The molecule has 2 rings (SSSR count). The summed E-state index contributed by atoms with van der Waals surface area (Å²) in [7, 11) is 0. The molecule has 0 aliphatic carbocycles. The third kappa shape index (κ3) is 3.37. The Morgan fingerprint density at radius 3 is 2.38 bits per heavy atom. The first-order chi connectivity index (χ1) is 7.79. The lowest BCUT2D eigenvalue weighted by Gasteiger charge is -2.03. The number of carbonyl (C=O) groups excluding carboxylic acids is 1. The van der Waals surface area contributed by atoms with E-state index in [-0.39, 0.29) is 5.78 Å². The number of Topliss-reactive ketones (excluding diaryl/α,β-unsaturated/α-hetero) is 1. The van der Waals surface area contributed by atoms with Crippen molar-refractivity contribution in [2.24, 2.45) is 0 Å². The summed E-state index contributed by atoms with van der Waals surface area (Å²) < 4.78 is 5.37. The molecule has 2 nitrogen and oxygen atoms in total. The molecular formula is C14H22O2. The van der Waals surface area contributed by atoms with Gasteiger partial charge < -0.3 is 4.74 Å². The Kier molecular flexibility index (Phi) is 7.27. The van der Waals surface area contributed by atoms with E-state index < -0.39 is 0 Å². The molecule has 90 valence electrons. The van der Waals surface area contributed by atoms with Gasteiger partial charge in [0.05, 0.1) is 12.2 Å². The molecule has 1 aliphatic heterocycles. The molecule has 1 heterocycles. The van der Waals surface area contributed by atoms with Gasteiger partial charge in [-0.05, 0) is 18.6 Å². The lowest BCUT2D eigenvalue weighted by atomic mass is 10.1. The second kappa shape index (κ2) is 7.91. The maximum Gasteiger partial charge on any atom is 0.163 e. The van der Waals surface area contributed by atoms with Crippen molar-refractivity contribution in [1.29, 1.82) is 0 Å². The van der Waals surface area contributed by atoms with Crippen molar-refractivity contribution in [3.63, 3.8) is 0 Å². The average Bonchev–Trinajstić information content (AvgIpc) is 2.81. The number of ketones is 1. The Hall–Kier alpha value is -1.31. The summed E-state index contributed by atoms with van der Waals surface area (Å²) in [6.45, 7) is 10.3. The molecule has 1 aromatic carbocycles. The summed E-state index contributed by atoms with van der Waals surface area (Å²) in [5, 5.41) is 0. The van der Waals surface area contributed by atoms with Gasteiger partial charge in [-0.1, -0.05) is 39.8 Å². The minimum Gasteiger partial charge on any atom is -0.492 e. The zero-order valence-corrected chi connectivity index (χ0v) is 11.0. The molecule has 2 heteroatoms. The van der Waals surface area contributed by atoms with Crippen LogP contribution < -0.4 is 4.74 Å². The Balaban J connectivity index is 0.000000509. The molecule has 0 fully saturated rings. The van der Waals surface area contributed by atoms with E-state index in [1.54, 1.807) is 6.92 Å². The number of fused-ring (bicyclic) bond motifs is 1. The van der Waals surface area contributed by atoms with Crippen LogP contribution in [0.3, 0.4) is 0 Å². The monoisotopic (exact) mass is 222 g/mol. The largest absolute Gasteiger partial charge is 0.492 e. The van der Waals surface area contributed by atoms with E-state index in [0.717, 1.165) is 17.7 Å². The van der Waals surface area contributed by atoms with Crippen LogP contribution in [0.15, 0.2) is 18.2 Å². The SMILES string of the molecule is CC.CC.CC(=O)c1cccc2c1OCC2. The molecule has 0 spiro atoms. The smallest absolute Gasteiger partial charge is 0.163 e. The summed E-state index contributed by atoms with van der Waals surface area (Å²) >= 11 is 0. The van der Waals surface area contributed by atoms with E-state index in [1.165, 1.54) is 0 Å². The number of ether oxygens (including phenoxy) is 1. The van der Waals surface area contributed by atoms with Crippen LogP contribution in [0, 0.1) is 0 Å². The Labute approximate surface area is 98.6 Å². The summed E-state index contributed by atoms with van der Waals surface area (Å²) in [5.41, 5.74) is 1.87. The normalized spacial score (nSPS) is 11.1. The first-order valence-corrected chi connectivity index (χ1v) is 6.04. The fourth-order valence-corrected chi connectivity index (χ4v) is 1.49. The number of hydrogen-bond acceptors (Lipinski definition) is 2. The van der Waals surface area contributed by atoms with Crippen LogP contribution in [0.1, 0.15) is 50.5 Å². The molecule has 0 bridgehead atoms. The Morgan fingerprint density at radius 2 is 1.81 bits per heavy atom. The van der Waals surface area contributed by atoms with Gasteiger partial charge in [0.15, 0.2) is 5.78 Å². The van der Waals surface area contributed by atoms with Crippen LogP contribution in [0.5, 0.6) is 5.75 Å². The van der Waals surface area contributed by atoms with Crippen LogP contribution >= 0.6 is 0 Å². The van der Waals surface area contributed by atoms with Gasteiger partial charge in [0.25, 0.3) is 0 Å². The topological polar surface area (TPSA) is 26.3 Å². The summed E-state index contributed by atoms with van der Waals surface area (Å²) in [6, 6.07) is 5.73. The van der Waals surface area contributed by atoms with Gasteiger partial charge in [-0.25, -0.2) is 0 Å². The van der Waals surface area contributed by atoms with E-state index >= 15 is 0 Å². The zero-order valence-electron chi connectivity index (χ0n) is 11.0. The first-order valence-electron chi connectivity index (χ1n) is 6.04. The highest BCUT2D eigenvalue weighted by atomic mass is 16.5. The Bertz CT molecular complexity index is 330. The molecule has 1 aliphatic rings. The zero-order chi connectivity index (χ0) is 12.6. The molecule has 0 radical (unpaired) electrons. The molecule has 0 aromatic heterocycles. The van der Waals surface area contributed by atoms with Crippen LogP contribution in [0.2, 0.25) is 0 Å². The predicted octanol–water partition coefficient (Wildman–Crippen LogP) is 3.88. The molecule has 0 saturated carbocycles. The second-order valence-corrected chi connectivity index (χ2v) is 2.95. The van der Waals surface area contributed by atoms with E-state index in [9.17, 15) is 4.79 Å². The molecule has 0 atom stereocenters. The predicted molar refractivity (Wildman–Crippen MR) is 68.3 cm³/mol. The Morgan fingerprint density at radius 1 is 1.19 bits per heavy atom. The summed E-state index contributed by atoms with van der Waals surface area (Å²) in [5.74, 6) is 0.874. The van der Waals surface area contributed by atoms with Crippen molar-refractivity contribution in [3.05, 3.63) is 29.3 Å². The highest BCUT2D eigenvalue weighted by Gasteiger charge is 2.17. The maximum absolute atomic E-state index is 11.1. The van der Waals surface area contributed by atoms with Gasteiger partial charge in [0, 0.05) is 6.42 Å². The fourth-order valence-electron chi connectivity index (χ4n) is 1.49. The van der Waals surface area contributed by atoms with Crippen molar-refractivity contribution in [2.75, 3.05) is 6.61 Å². The molecular weight excluding hydrogens is 200 g/mol. The van der Waals surface area contributed by atoms with Crippen molar-refractivity contribution < 1.29 is 9.53 Å². The summed E-state index contributed by atoms with van der Waals surface area (Å²) in [6.07, 6.45) is 0.927. The molecule has 0 unspecified atom stereocenters. The maximum atomic E-state index is 11.1. The minimum atomic E-state index is 0.0775. The van der Waals surface area contributed by atoms with Crippen molar-refractivity contribution in [2.45, 2.75) is 41.0 Å². The van der Waals surface area contributed by atoms with Crippen LogP contribution in [-0.2, 0) is 6.42 Å². The van der Waals surface area contributed by atoms with Gasteiger partial charge in [0.2, 0.25) is 0 Å². The quantitative estimate of drug-likeness (QED) is 0.674. The molecule has 16 heavy (non-hydrogen) atoms. The van der Waals surface area contributed by atoms with E-state index in [4.69, 9.17) is 4.74 Å². The van der Waals surface area contributed by atoms with Crippen molar-refractivity contribution in [1.82, 2.24) is 0 Å². The average molecular weight is 222 g/mol. The van der Waals surface area contributed by atoms with Crippen LogP contribution in [-0.4, -0.2) is 12.4 Å². The van der Waals surface area contributed by atoms with Gasteiger partial charge in [-0.3, -0.25) is 4.79 Å². The molecule has 0 N–H and O–H groups in total. The third-order valence-electron chi connectivity index (χ3n) is 2.09. The highest BCUT2D eigenvalue weighted by molar-refractivity contribution is 5.97. The first kappa shape index (κ1) is 14.7. The number of carbonyl (C=O) groups is 1. The number of rotatable bonds is 1. The lowest BCUT2D eigenvalue weighted by molar-refractivity contribution is 0.101. The molecule has 0 amide bonds. The van der Waals surface area contributed by atoms with Crippen LogP contribution in [0.25, 0.3) is 0 Å². The fraction of sp³-hybridized carbons (Fsp3) is 0.500. The summed E-state index contributed by atoms with van der Waals surface area (Å²) in [4.78, 5) is 11.1. The van der Waals surface area contributed by atoms with Crippen molar-refractivity contribution in [3.8, 4) is 5.75 Å². The second-order valence-electron chi connectivity index (χ2n) is 2.95. The van der Waals surface area contributed by atoms with Gasteiger partial charge in [-0.15, -0.1) is 0 Å². The number of hydrogen-bond donors (Lipinski definition) is 0. The number of para-hydroxylation sites is 1. The molecule has 0 saturated heterocycles. The van der Waals surface area contributed by atoms with Crippen molar-refractivity contribution >= 4 is 5.78 Å². The third-order valence-corrected chi connectivity index (χ3v) is 2.09. The minimum absolute atomic E-state index is 0.0775. The molecule has 1 aromatic rings. The highest BCUT2D eigenvalue weighted by Crippen LogP contribution is 2.29. The van der Waals surface area contributed by atoms with Gasteiger partial charge in [0.1, 0.15) is 5.75 Å². The van der Waals surface area contributed by atoms with E-state index in [1.807, 2.05) is 45.9 Å².